The van der Waals surface area contributed by atoms with Crippen molar-refractivity contribution in [2.45, 2.75) is 57.1 Å². The molecule has 1 fully saturated rings. The van der Waals surface area contributed by atoms with Crippen LogP contribution in [-0.2, 0) is 20.3 Å². The number of benzene rings is 1. The minimum absolute atomic E-state index is 0.0488. The van der Waals surface area contributed by atoms with Crippen molar-refractivity contribution in [3.8, 4) is 0 Å². The molecule has 0 aliphatic heterocycles. The Morgan fingerprint density at radius 1 is 1.22 bits per heavy atom. The zero-order chi connectivity index (χ0) is 17.0. The summed E-state index contributed by atoms with van der Waals surface area (Å²) in [5.41, 5.74) is -0.260. The molecule has 0 bridgehead atoms. The molecule has 0 radical (unpaired) electrons. The first-order valence-electron chi connectivity index (χ1n) is 8.10. The number of ketones is 1. The SMILES string of the molecule is C[C@H](/C=C/S(=O)c1ccccc1)[C@@H]1CC(=O)C[C@H]1OC(C)(C)C. The fraction of sp³-hybridized carbons (Fsp3) is 0.526. The van der Waals surface area contributed by atoms with Crippen LogP contribution in [0.5, 0.6) is 0 Å². The quantitative estimate of drug-likeness (QED) is 0.814. The van der Waals surface area contributed by atoms with Crippen molar-refractivity contribution in [1.82, 2.24) is 0 Å². The summed E-state index contributed by atoms with van der Waals surface area (Å²) in [6.07, 6.45) is 2.95. The van der Waals surface area contributed by atoms with Gasteiger partial charge in [0.15, 0.2) is 0 Å². The van der Waals surface area contributed by atoms with Gasteiger partial charge in [-0.2, -0.15) is 0 Å². The smallest absolute Gasteiger partial charge is 0.135 e. The lowest BCUT2D eigenvalue weighted by Crippen LogP contribution is -2.32. The first kappa shape index (κ1) is 18.1. The summed E-state index contributed by atoms with van der Waals surface area (Å²) in [5.74, 6) is 0.570. The van der Waals surface area contributed by atoms with E-state index in [-0.39, 0.29) is 29.3 Å². The van der Waals surface area contributed by atoms with Gasteiger partial charge in [-0.05, 0) is 44.7 Å². The molecule has 0 amide bonds. The van der Waals surface area contributed by atoms with E-state index >= 15 is 0 Å². The molecule has 1 aromatic rings. The van der Waals surface area contributed by atoms with Gasteiger partial charge >= 0.3 is 0 Å². The Morgan fingerprint density at radius 2 is 1.87 bits per heavy atom. The molecule has 1 unspecified atom stereocenters. The maximum Gasteiger partial charge on any atom is 0.135 e. The molecule has 0 spiro atoms. The van der Waals surface area contributed by atoms with E-state index in [9.17, 15) is 9.00 Å². The van der Waals surface area contributed by atoms with Gasteiger partial charge in [-0.15, -0.1) is 0 Å². The Bertz CT molecular complexity index is 586. The highest BCUT2D eigenvalue weighted by Gasteiger charge is 2.38. The summed E-state index contributed by atoms with van der Waals surface area (Å²) >= 11 is 0. The number of ether oxygens (including phenoxy) is 1. The zero-order valence-corrected chi connectivity index (χ0v) is 15.1. The van der Waals surface area contributed by atoms with Gasteiger partial charge in [-0.3, -0.25) is 4.79 Å². The fourth-order valence-electron chi connectivity index (χ4n) is 2.93. The Labute approximate surface area is 141 Å². The first-order valence-corrected chi connectivity index (χ1v) is 9.31. The van der Waals surface area contributed by atoms with Crippen molar-refractivity contribution in [3.05, 3.63) is 41.8 Å². The van der Waals surface area contributed by atoms with E-state index < -0.39 is 10.8 Å². The summed E-state index contributed by atoms with van der Waals surface area (Å²) < 4.78 is 18.3. The molecule has 0 heterocycles. The molecule has 0 saturated heterocycles. The van der Waals surface area contributed by atoms with E-state index in [0.29, 0.717) is 12.8 Å². The molecule has 1 saturated carbocycles. The van der Waals surface area contributed by atoms with E-state index in [1.54, 1.807) is 5.41 Å². The normalized spacial score (nSPS) is 25.0. The maximum atomic E-state index is 12.3. The van der Waals surface area contributed by atoms with Gasteiger partial charge in [-0.25, -0.2) is 4.21 Å². The molecular weight excluding hydrogens is 308 g/mol. The molecule has 0 aromatic heterocycles. The third-order valence-corrected chi connectivity index (χ3v) is 5.17. The zero-order valence-electron chi connectivity index (χ0n) is 14.3. The number of carbonyl (C=O) groups excluding carboxylic acids is 1. The largest absolute Gasteiger partial charge is 0.372 e. The molecule has 2 rings (SSSR count). The second-order valence-electron chi connectivity index (χ2n) is 7.18. The number of carbonyl (C=O) groups is 1. The summed E-state index contributed by atoms with van der Waals surface area (Å²) in [4.78, 5) is 12.6. The van der Waals surface area contributed by atoms with Gasteiger partial charge in [0.1, 0.15) is 5.78 Å². The first-order chi connectivity index (χ1) is 10.8. The average molecular weight is 334 g/mol. The van der Waals surface area contributed by atoms with Crippen LogP contribution in [0.3, 0.4) is 0 Å². The van der Waals surface area contributed by atoms with Crippen molar-refractivity contribution in [1.29, 1.82) is 0 Å². The monoisotopic (exact) mass is 334 g/mol. The molecule has 1 aromatic carbocycles. The summed E-state index contributed by atoms with van der Waals surface area (Å²) in [6.45, 7) is 8.11. The van der Waals surface area contributed by atoms with Gasteiger partial charge in [0, 0.05) is 23.1 Å². The van der Waals surface area contributed by atoms with Crippen LogP contribution in [0.2, 0.25) is 0 Å². The predicted molar refractivity (Wildman–Crippen MR) is 93.5 cm³/mol. The summed E-state index contributed by atoms with van der Waals surface area (Å²) in [7, 11) is -1.15. The number of hydrogen-bond donors (Lipinski definition) is 0. The van der Waals surface area contributed by atoms with Crippen LogP contribution in [0, 0.1) is 11.8 Å². The Morgan fingerprint density at radius 3 is 2.48 bits per heavy atom. The molecule has 1 aliphatic carbocycles. The Hall–Kier alpha value is -1.26. The van der Waals surface area contributed by atoms with Gasteiger partial charge in [0.05, 0.1) is 22.5 Å². The van der Waals surface area contributed by atoms with Crippen LogP contribution in [-0.4, -0.2) is 21.7 Å². The highest BCUT2D eigenvalue weighted by atomic mass is 32.2. The highest BCUT2D eigenvalue weighted by molar-refractivity contribution is 7.88. The molecule has 4 heteroatoms. The van der Waals surface area contributed by atoms with E-state index in [1.807, 2.05) is 57.2 Å². The van der Waals surface area contributed by atoms with Gasteiger partial charge in [-0.1, -0.05) is 31.2 Å². The molecule has 1 aliphatic rings. The van der Waals surface area contributed by atoms with E-state index in [1.165, 1.54) is 0 Å². The third kappa shape index (κ3) is 5.40. The summed E-state index contributed by atoms with van der Waals surface area (Å²) in [6, 6.07) is 9.39. The number of hydrogen-bond acceptors (Lipinski definition) is 3. The molecule has 23 heavy (non-hydrogen) atoms. The predicted octanol–water partition coefficient (Wildman–Crippen LogP) is 4.11. The Balaban J connectivity index is 2.03. The van der Waals surface area contributed by atoms with Gasteiger partial charge in [0.25, 0.3) is 0 Å². The number of allylic oxidation sites excluding steroid dienone is 1. The van der Waals surface area contributed by atoms with Crippen molar-refractivity contribution < 1.29 is 13.7 Å². The van der Waals surface area contributed by atoms with Crippen LogP contribution in [0.25, 0.3) is 0 Å². The minimum Gasteiger partial charge on any atom is -0.372 e. The average Bonchev–Trinajstić information content (AvgIpc) is 2.84. The third-order valence-electron chi connectivity index (χ3n) is 4.03. The topological polar surface area (TPSA) is 43.4 Å². The second-order valence-corrected chi connectivity index (χ2v) is 8.52. The van der Waals surface area contributed by atoms with Crippen LogP contribution in [0.15, 0.2) is 46.7 Å². The highest BCUT2D eigenvalue weighted by Crippen LogP contribution is 2.35. The van der Waals surface area contributed by atoms with Gasteiger partial charge in [0.2, 0.25) is 0 Å². The van der Waals surface area contributed by atoms with Crippen LogP contribution in [0.4, 0.5) is 0 Å². The lowest BCUT2D eigenvalue weighted by molar-refractivity contribution is -0.119. The number of rotatable bonds is 5. The van der Waals surface area contributed by atoms with Crippen molar-refractivity contribution in [2.75, 3.05) is 0 Å². The van der Waals surface area contributed by atoms with Gasteiger partial charge < -0.3 is 4.74 Å². The maximum absolute atomic E-state index is 12.3. The van der Waals surface area contributed by atoms with Crippen LogP contribution < -0.4 is 0 Å². The molecule has 126 valence electrons. The molecular formula is C19H26O3S. The van der Waals surface area contributed by atoms with Crippen molar-refractivity contribution >= 4 is 16.6 Å². The van der Waals surface area contributed by atoms with E-state index in [2.05, 4.69) is 6.92 Å². The summed E-state index contributed by atoms with van der Waals surface area (Å²) in [5, 5.41) is 1.73. The lowest BCUT2D eigenvalue weighted by Gasteiger charge is -2.30. The molecule has 3 nitrogen and oxygen atoms in total. The van der Waals surface area contributed by atoms with Crippen molar-refractivity contribution in [3.63, 3.8) is 0 Å². The Kier molecular flexibility index (Phi) is 5.93. The van der Waals surface area contributed by atoms with Crippen LogP contribution in [0.1, 0.15) is 40.5 Å². The second kappa shape index (κ2) is 7.54. The van der Waals surface area contributed by atoms with Crippen molar-refractivity contribution in [2.24, 2.45) is 11.8 Å². The number of Topliss-reactive ketones (excluding diaryl/α,β-unsaturated/α-hetero) is 1. The minimum atomic E-state index is -1.15. The van der Waals surface area contributed by atoms with Crippen LogP contribution >= 0.6 is 0 Å². The standard InChI is InChI=1S/C19H26O3S/c1-14(10-11-23(21)16-8-6-5-7-9-16)17-12-15(20)13-18(17)22-19(2,3)4/h5-11,14,17-18H,12-13H2,1-4H3/b11-10+/t14-,17+,18-,23?/m1/s1. The molecule has 4 atom stereocenters. The fourth-order valence-corrected chi connectivity index (χ4v) is 3.91. The molecule has 0 N–H and O–H groups in total. The lowest BCUT2D eigenvalue weighted by atomic mass is 9.90. The van der Waals surface area contributed by atoms with E-state index in [0.717, 1.165) is 4.90 Å². The van der Waals surface area contributed by atoms with E-state index in [4.69, 9.17) is 4.74 Å².